The van der Waals surface area contributed by atoms with Crippen LogP contribution in [0.1, 0.15) is 28.9 Å². The molecule has 1 N–H and O–H groups in total. The minimum atomic E-state index is -3.66. The van der Waals surface area contributed by atoms with Crippen LogP contribution in [0.4, 0.5) is 5.69 Å². The fourth-order valence-electron chi connectivity index (χ4n) is 4.64. The second kappa shape index (κ2) is 7.35. The van der Waals surface area contributed by atoms with Crippen molar-refractivity contribution in [2.24, 2.45) is 0 Å². The number of amides is 1. The first-order chi connectivity index (χ1) is 14.8. The lowest BCUT2D eigenvalue weighted by Gasteiger charge is -2.25. The summed E-state index contributed by atoms with van der Waals surface area (Å²) in [7, 11) is -3.66. The van der Waals surface area contributed by atoms with Crippen LogP contribution in [-0.4, -0.2) is 37.2 Å². The van der Waals surface area contributed by atoms with Gasteiger partial charge in [0, 0.05) is 25.2 Å². The van der Waals surface area contributed by atoms with E-state index in [0.29, 0.717) is 32.4 Å². The summed E-state index contributed by atoms with van der Waals surface area (Å²) in [6.45, 7) is 5.12. The van der Waals surface area contributed by atoms with E-state index >= 15 is 0 Å². The van der Waals surface area contributed by atoms with Crippen molar-refractivity contribution < 1.29 is 17.6 Å². The van der Waals surface area contributed by atoms with E-state index in [-0.39, 0.29) is 17.3 Å². The van der Waals surface area contributed by atoms with Crippen molar-refractivity contribution in [2.45, 2.75) is 44.6 Å². The lowest BCUT2D eigenvalue weighted by atomic mass is 10.00. The number of carbonyl (C=O) groups excluding carboxylic acids is 1. The molecule has 9 heteroatoms. The minimum Gasteiger partial charge on any atom is -0.464 e. The van der Waals surface area contributed by atoms with E-state index in [4.69, 9.17) is 4.42 Å². The number of anilines is 1. The smallest absolute Gasteiger partial charge is 0.240 e. The SMILES string of the molecule is Cc1nn(CCNS(=O)(=O)c2cc3c4c(c2)CCN4C(=O)CC3)c(C)c1-c1ccco1. The first kappa shape index (κ1) is 20.0. The Kier molecular flexibility index (Phi) is 4.75. The van der Waals surface area contributed by atoms with Gasteiger partial charge in [0.1, 0.15) is 5.76 Å². The first-order valence-corrected chi connectivity index (χ1v) is 11.9. The van der Waals surface area contributed by atoms with Crippen LogP contribution in [0.3, 0.4) is 0 Å². The van der Waals surface area contributed by atoms with Gasteiger partial charge < -0.3 is 9.32 Å². The van der Waals surface area contributed by atoms with Gasteiger partial charge in [-0.2, -0.15) is 5.10 Å². The number of aryl methyl sites for hydroxylation is 2. The van der Waals surface area contributed by atoms with Crippen LogP contribution in [0.25, 0.3) is 11.3 Å². The van der Waals surface area contributed by atoms with Crippen molar-refractivity contribution >= 4 is 21.6 Å². The maximum atomic E-state index is 13.0. The molecule has 2 aromatic heterocycles. The number of benzene rings is 1. The molecule has 5 rings (SSSR count). The summed E-state index contributed by atoms with van der Waals surface area (Å²) >= 11 is 0. The Morgan fingerprint density at radius 3 is 2.68 bits per heavy atom. The predicted octanol–water partition coefficient (Wildman–Crippen LogP) is 2.57. The third-order valence-electron chi connectivity index (χ3n) is 6.10. The molecule has 4 heterocycles. The van der Waals surface area contributed by atoms with Gasteiger partial charge in [0.05, 0.1) is 34.6 Å². The number of carbonyl (C=O) groups is 1. The summed E-state index contributed by atoms with van der Waals surface area (Å²) < 4.78 is 35.9. The Hall–Kier alpha value is -2.91. The number of furan rings is 1. The Bertz CT molecular complexity index is 1280. The van der Waals surface area contributed by atoms with E-state index in [9.17, 15) is 13.2 Å². The zero-order chi connectivity index (χ0) is 21.8. The van der Waals surface area contributed by atoms with Crippen molar-refractivity contribution in [3.8, 4) is 11.3 Å². The number of nitrogens with zero attached hydrogens (tertiary/aromatic N) is 3. The molecule has 0 saturated heterocycles. The molecule has 1 amide bonds. The molecule has 0 spiro atoms. The van der Waals surface area contributed by atoms with Crippen molar-refractivity contribution in [1.29, 1.82) is 0 Å². The van der Waals surface area contributed by atoms with Gasteiger partial charge in [-0.05, 0) is 62.1 Å². The molecule has 3 aromatic rings. The molecular formula is C22H24N4O4S. The molecule has 2 aliphatic rings. The average Bonchev–Trinajstić information content (AvgIpc) is 3.45. The molecule has 0 unspecified atom stereocenters. The minimum absolute atomic E-state index is 0.124. The van der Waals surface area contributed by atoms with Gasteiger partial charge >= 0.3 is 0 Å². The number of aromatic nitrogens is 2. The molecule has 0 fully saturated rings. The Morgan fingerprint density at radius 1 is 1.16 bits per heavy atom. The van der Waals surface area contributed by atoms with Crippen LogP contribution < -0.4 is 9.62 Å². The van der Waals surface area contributed by atoms with Crippen LogP contribution in [-0.2, 0) is 34.2 Å². The van der Waals surface area contributed by atoms with Crippen molar-refractivity contribution in [3.63, 3.8) is 0 Å². The van der Waals surface area contributed by atoms with Gasteiger partial charge in [-0.3, -0.25) is 9.48 Å². The van der Waals surface area contributed by atoms with E-state index in [1.807, 2.05) is 26.0 Å². The monoisotopic (exact) mass is 440 g/mol. The highest BCUT2D eigenvalue weighted by atomic mass is 32.2. The van der Waals surface area contributed by atoms with Gasteiger partial charge in [-0.25, -0.2) is 13.1 Å². The van der Waals surface area contributed by atoms with Crippen LogP contribution in [0.2, 0.25) is 0 Å². The van der Waals surface area contributed by atoms with Crippen LogP contribution >= 0.6 is 0 Å². The largest absolute Gasteiger partial charge is 0.464 e. The molecule has 0 radical (unpaired) electrons. The van der Waals surface area contributed by atoms with E-state index in [1.54, 1.807) is 28.0 Å². The van der Waals surface area contributed by atoms with Gasteiger partial charge in [0.15, 0.2) is 0 Å². The number of sulfonamides is 1. The van der Waals surface area contributed by atoms with Crippen LogP contribution in [0.15, 0.2) is 39.8 Å². The van der Waals surface area contributed by atoms with Crippen molar-refractivity contribution in [3.05, 3.63) is 53.0 Å². The normalized spacial score (nSPS) is 15.5. The zero-order valence-corrected chi connectivity index (χ0v) is 18.3. The molecule has 162 valence electrons. The standard InChI is InChI=1S/C22H24N4O4S/c1-14-21(19-4-3-11-30-19)15(2)26(24-14)10-8-23-31(28,29)18-12-16-5-6-20(27)25-9-7-17(13-18)22(16)25/h3-4,11-13,23H,5-10H2,1-2H3. The summed E-state index contributed by atoms with van der Waals surface area (Å²) in [5.74, 6) is 0.875. The highest BCUT2D eigenvalue weighted by Gasteiger charge is 2.32. The first-order valence-electron chi connectivity index (χ1n) is 10.4. The Labute approximate surface area is 180 Å². The van der Waals surface area contributed by atoms with Crippen molar-refractivity contribution in [2.75, 3.05) is 18.0 Å². The summed E-state index contributed by atoms with van der Waals surface area (Å²) in [6.07, 6.45) is 3.33. The molecule has 2 aliphatic heterocycles. The van der Waals surface area contributed by atoms with E-state index in [1.165, 1.54) is 0 Å². The molecule has 0 saturated carbocycles. The lowest BCUT2D eigenvalue weighted by Crippen LogP contribution is -2.33. The highest BCUT2D eigenvalue weighted by molar-refractivity contribution is 7.89. The van der Waals surface area contributed by atoms with Gasteiger partial charge in [-0.15, -0.1) is 0 Å². The van der Waals surface area contributed by atoms with E-state index in [2.05, 4.69) is 9.82 Å². The van der Waals surface area contributed by atoms with Crippen molar-refractivity contribution in [1.82, 2.24) is 14.5 Å². The summed E-state index contributed by atoms with van der Waals surface area (Å²) in [5.41, 5.74) is 5.50. The molecule has 0 bridgehead atoms. The number of rotatable bonds is 6. The van der Waals surface area contributed by atoms with Gasteiger partial charge in [0.25, 0.3) is 0 Å². The number of hydrogen-bond acceptors (Lipinski definition) is 5. The fourth-order valence-corrected chi connectivity index (χ4v) is 5.76. The molecule has 1 aromatic carbocycles. The molecule has 31 heavy (non-hydrogen) atoms. The predicted molar refractivity (Wildman–Crippen MR) is 115 cm³/mol. The second-order valence-electron chi connectivity index (χ2n) is 8.03. The molecule has 0 aliphatic carbocycles. The Balaban J connectivity index is 1.33. The molecule has 0 atom stereocenters. The average molecular weight is 441 g/mol. The summed E-state index contributed by atoms with van der Waals surface area (Å²) in [5, 5.41) is 4.54. The lowest BCUT2D eigenvalue weighted by molar-refractivity contribution is -0.118. The van der Waals surface area contributed by atoms with Crippen LogP contribution in [0.5, 0.6) is 0 Å². The maximum Gasteiger partial charge on any atom is 0.240 e. The van der Waals surface area contributed by atoms with E-state index in [0.717, 1.165) is 39.5 Å². The molecular weight excluding hydrogens is 416 g/mol. The quantitative estimate of drug-likeness (QED) is 0.635. The number of hydrogen-bond donors (Lipinski definition) is 1. The zero-order valence-electron chi connectivity index (χ0n) is 17.5. The third kappa shape index (κ3) is 3.37. The third-order valence-corrected chi connectivity index (χ3v) is 7.54. The fraction of sp³-hybridized carbons (Fsp3) is 0.364. The number of nitrogens with one attached hydrogen (secondary N) is 1. The second-order valence-corrected chi connectivity index (χ2v) is 9.80. The highest BCUT2D eigenvalue weighted by Crippen LogP contribution is 2.38. The molecule has 8 nitrogen and oxygen atoms in total. The van der Waals surface area contributed by atoms with Gasteiger partial charge in [0.2, 0.25) is 15.9 Å². The van der Waals surface area contributed by atoms with Gasteiger partial charge in [-0.1, -0.05) is 0 Å². The van der Waals surface area contributed by atoms with E-state index < -0.39 is 10.0 Å². The summed E-state index contributed by atoms with van der Waals surface area (Å²) in [6, 6.07) is 7.14. The van der Waals surface area contributed by atoms with Crippen LogP contribution in [0, 0.1) is 13.8 Å². The Morgan fingerprint density at radius 2 is 1.94 bits per heavy atom. The summed E-state index contributed by atoms with van der Waals surface area (Å²) in [4.78, 5) is 14.1. The maximum absolute atomic E-state index is 13.0. The topological polar surface area (TPSA) is 97.4 Å².